The Balaban J connectivity index is 1.78. The van der Waals surface area contributed by atoms with Crippen LogP contribution < -0.4 is 4.74 Å². The standard InChI is InChI=1S/C22H28N2O2/c1-5-6-7-15(23-4)14-26-16-8-9-17-20(12-16)24-19-10-11-22(2,3)13-18(19)21(17)25/h6-9,12,18H,5,10-11,13-14H2,1-4H3/b7-6-,23-15?. The van der Waals surface area contributed by atoms with E-state index in [1.807, 2.05) is 24.3 Å². The van der Waals surface area contributed by atoms with Crippen molar-refractivity contribution in [2.45, 2.75) is 46.5 Å². The second-order valence-corrected chi connectivity index (χ2v) is 7.88. The van der Waals surface area contributed by atoms with Crippen LogP contribution in [0.2, 0.25) is 0 Å². The SMILES string of the molecule is CC/C=C\C(COc1ccc2c(c1)N=C1CCC(C)(C)CC1C2=O)=NC. The molecule has 1 unspecified atom stereocenters. The van der Waals surface area contributed by atoms with Gasteiger partial charge in [0.05, 0.1) is 17.3 Å². The molecular formula is C22H28N2O2. The normalized spacial score (nSPS) is 22.0. The molecule has 4 heteroatoms. The summed E-state index contributed by atoms with van der Waals surface area (Å²) in [6.45, 7) is 6.98. The first-order valence-electron chi connectivity index (χ1n) is 9.44. The maximum atomic E-state index is 12.9. The van der Waals surface area contributed by atoms with Crippen LogP contribution in [0.5, 0.6) is 5.75 Å². The van der Waals surface area contributed by atoms with Crippen LogP contribution in [-0.2, 0) is 0 Å². The van der Waals surface area contributed by atoms with Crippen molar-refractivity contribution < 1.29 is 9.53 Å². The number of carbonyl (C=O) groups is 1. The molecule has 0 bridgehead atoms. The fraction of sp³-hybridized carbons (Fsp3) is 0.500. The van der Waals surface area contributed by atoms with Crippen LogP contribution in [0.15, 0.2) is 40.3 Å². The molecule has 0 saturated heterocycles. The molecule has 1 atom stereocenters. The Labute approximate surface area is 156 Å². The predicted molar refractivity (Wildman–Crippen MR) is 107 cm³/mol. The zero-order chi connectivity index (χ0) is 18.7. The number of fused-ring (bicyclic) bond motifs is 2. The molecule has 138 valence electrons. The summed E-state index contributed by atoms with van der Waals surface area (Å²) in [4.78, 5) is 22.0. The monoisotopic (exact) mass is 352 g/mol. The van der Waals surface area contributed by atoms with E-state index in [2.05, 4.69) is 31.8 Å². The van der Waals surface area contributed by atoms with E-state index in [-0.39, 0.29) is 17.1 Å². The number of rotatable bonds is 5. The third kappa shape index (κ3) is 3.95. The maximum absolute atomic E-state index is 12.9. The summed E-state index contributed by atoms with van der Waals surface area (Å²) < 4.78 is 5.86. The summed E-state index contributed by atoms with van der Waals surface area (Å²) in [5.41, 5.74) is 3.61. The average molecular weight is 352 g/mol. The van der Waals surface area contributed by atoms with Crippen LogP contribution >= 0.6 is 0 Å². The van der Waals surface area contributed by atoms with E-state index in [1.54, 1.807) is 7.05 Å². The molecule has 1 aliphatic heterocycles. The molecule has 0 aromatic heterocycles. The molecule has 1 aliphatic carbocycles. The molecule has 1 fully saturated rings. The third-order valence-corrected chi connectivity index (χ3v) is 5.25. The Morgan fingerprint density at radius 1 is 1.42 bits per heavy atom. The summed E-state index contributed by atoms with van der Waals surface area (Å²) in [6.07, 6.45) is 7.89. The van der Waals surface area contributed by atoms with E-state index in [0.717, 1.165) is 54.1 Å². The first-order chi connectivity index (χ1) is 12.4. The summed E-state index contributed by atoms with van der Waals surface area (Å²) >= 11 is 0. The van der Waals surface area contributed by atoms with Crippen LogP contribution in [-0.4, -0.2) is 30.9 Å². The number of aliphatic imine (C=N–C) groups is 2. The molecule has 4 nitrogen and oxygen atoms in total. The Kier molecular flexibility index (Phi) is 5.40. The Bertz CT molecular complexity index is 787. The zero-order valence-corrected chi connectivity index (χ0v) is 16.2. The number of nitrogens with zero attached hydrogens (tertiary/aromatic N) is 2. The van der Waals surface area contributed by atoms with Gasteiger partial charge in [-0.05, 0) is 49.3 Å². The van der Waals surface area contributed by atoms with Gasteiger partial charge in [-0.15, -0.1) is 0 Å². The van der Waals surface area contributed by atoms with Crippen molar-refractivity contribution in [2.24, 2.45) is 21.3 Å². The van der Waals surface area contributed by atoms with E-state index in [0.29, 0.717) is 6.61 Å². The van der Waals surface area contributed by atoms with Gasteiger partial charge in [-0.1, -0.05) is 26.8 Å². The highest BCUT2D eigenvalue weighted by atomic mass is 16.5. The largest absolute Gasteiger partial charge is 0.487 e. The van der Waals surface area contributed by atoms with Crippen LogP contribution in [0.1, 0.15) is 56.8 Å². The molecule has 3 rings (SSSR count). The number of hydrogen-bond donors (Lipinski definition) is 0. The lowest BCUT2D eigenvalue weighted by molar-refractivity contribution is 0.0907. The van der Waals surface area contributed by atoms with Crippen molar-refractivity contribution in [1.82, 2.24) is 0 Å². The minimum absolute atomic E-state index is 0.0453. The minimum atomic E-state index is -0.0453. The molecule has 0 N–H and O–H groups in total. The molecule has 0 radical (unpaired) electrons. The highest BCUT2D eigenvalue weighted by Crippen LogP contribution is 2.43. The van der Waals surface area contributed by atoms with Gasteiger partial charge in [0.2, 0.25) is 0 Å². The maximum Gasteiger partial charge on any atom is 0.173 e. The van der Waals surface area contributed by atoms with Gasteiger partial charge in [0, 0.05) is 24.4 Å². The van der Waals surface area contributed by atoms with Crippen LogP contribution in [0, 0.1) is 11.3 Å². The number of allylic oxidation sites excluding steroid dienone is 1. The summed E-state index contributed by atoms with van der Waals surface area (Å²) in [5.74, 6) is 0.892. The number of benzene rings is 1. The van der Waals surface area contributed by atoms with E-state index in [4.69, 9.17) is 9.73 Å². The van der Waals surface area contributed by atoms with Crippen molar-refractivity contribution in [3.63, 3.8) is 0 Å². The highest BCUT2D eigenvalue weighted by molar-refractivity contribution is 6.18. The van der Waals surface area contributed by atoms with Gasteiger partial charge in [-0.2, -0.15) is 0 Å². The Morgan fingerprint density at radius 2 is 2.23 bits per heavy atom. The zero-order valence-electron chi connectivity index (χ0n) is 16.2. The lowest BCUT2D eigenvalue weighted by atomic mass is 9.68. The fourth-order valence-corrected chi connectivity index (χ4v) is 3.63. The first-order valence-corrected chi connectivity index (χ1v) is 9.44. The summed E-state index contributed by atoms with van der Waals surface area (Å²) in [7, 11) is 1.76. The molecule has 26 heavy (non-hydrogen) atoms. The molecule has 1 aromatic rings. The molecule has 1 saturated carbocycles. The first kappa shape index (κ1) is 18.6. The van der Waals surface area contributed by atoms with Gasteiger partial charge in [0.1, 0.15) is 12.4 Å². The van der Waals surface area contributed by atoms with Gasteiger partial charge < -0.3 is 4.74 Å². The second kappa shape index (κ2) is 7.56. The van der Waals surface area contributed by atoms with Crippen molar-refractivity contribution in [3.05, 3.63) is 35.9 Å². The van der Waals surface area contributed by atoms with Gasteiger partial charge in [0.15, 0.2) is 5.78 Å². The second-order valence-electron chi connectivity index (χ2n) is 7.88. The summed E-state index contributed by atoms with van der Waals surface area (Å²) in [5, 5.41) is 0. The van der Waals surface area contributed by atoms with E-state index < -0.39 is 0 Å². The number of ether oxygens (including phenoxy) is 1. The molecule has 0 amide bonds. The van der Waals surface area contributed by atoms with Crippen molar-refractivity contribution in [3.8, 4) is 5.75 Å². The molecule has 1 heterocycles. The van der Waals surface area contributed by atoms with Crippen LogP contribution in [0.4, 0.5) is 5.69 Å². The third-order valence-electron chi connectivity index (χ3n) is 5.25. The van der Waals surface area contributed by atoms with E-state index in [9.17, 15) is 4.79 Å². The Hall–Kier alpha value is -2.23. The van der Waals surface area contributed by atoms with Crippen molar-refractivity contribution in [1.29, 1.82) is 0 Å². The van der Waals surface area contributed by atoms with Gasteiger partial charge in [-0.25, -0.2) is 0 Å². The number of carbonyl (C=O) groups excluding carboxylic acids is 1. The fourth-order valence-electron chi connectivity index (χ4n) is 3.63. The molecule has 1 aromatic carbocycles. The lowest BCUT2D eigenvalue weighted by Crippen LogP contribution is -2.36. The van der Waals surface area contributed by atoms with E-state index in [1.165, 1.54) is 0 Å². The highest BCUT2D eigenvalue weighted by Gasteiger charge is 2.39. The molecule has 2 aliphatic rings. The predicted octanol–water partition coefficient (Wildman–Crippen LogP) is 5.20. The topological polar surface area (TPSA) is 51.0 Å². The van der Waals surface area contributed by atoms with Gasteiger partial charge in [-0.3, -0.25) is 14.8 Å². The molecular weight excluding hydrogens is 324 g/mol. The minimum Gasteiger partial charge on any atom is -0.487 e. The Morgan fingerprint density at radius 3 is 2.96 bits per heavy atom. The van der Waals surface area contributed by atoms with Crippen molar-refractivity contribution in [2.75, 3.05) is 13.7 Å². The van der Waals surface area contributed by atoms with Crippen LogP contribution in [0.3, 0.4) is 0 Å². The summed E-state index contributed by atoms with van der Waals surface area (Å²) in [6, 6.07) is 5.61. The lowest BCUT2D eigenvalue weighted by Gasteiger charge is -2.37. The van der Waals surface area contributed by atoms with Crippen molar-refractivity contribution >= 4 is 22.9 Å². The number of Topliss-reactive ketones (excluding diaryl/α,β-unsaturated/α-hetero) is 1. The van der Waals surface area contributed by atoms with Gasteiger partial charge in [0.25, 0.3) is 0 Å². The number of hydrogen-bond acceptors (Lipinski definition) is 4. The van der Waals surface area contributed by atoms with E-state index >= 15 is 0 Å². The smallest absolute Gasteiger partial charge is 0.173 e. The van der Waals surface area contributed by atoms with Crippen LogP contribution in [0.25, 0.3) is 0 Å². The van der Waals surface area contributed by atoms with Gasteiger partial charge >= 0.3 is 0 Å². The number of ketones is 1. The molecule has 0 spiro atoms. The quantitative estimate of drug-likeness (QED) is 0.684. The average Bonchev–Trinajstić information content (AvgIpc) is 2.62.